The van der Waals surface area contributed by atoms with Gasteiger partial charge in [-0.05, 0) is 19.1 Å². The fraction of sp³-hybridized carbons (Fsp3) is 0.286. The molecule has 1 atom stereocenters. The summed E-state index contributed by atoms with van der Waals surface area (Å²) in [4.78, 5) is 33.2. The van der Waals surface area contributed by atoms with Gasteiger partial charge in [0.15, 0.2) is 15.9 Å². The van der Waals surface area contributed by atoms with Crippen LogP contribution in [0.5, 0.6) is 0 Å². The van der Waals surface area contributed by atoms with Crippen molar-refractivity contribution >= 4 is 27.4 Å². The van der Waals surface area contributed by atoms with Crippen molar-refractivity contribution in [2.24, 2.45) is 0 Å². The van der Waals surface area contributed by atoms with Crippen LogP contribution in [0.15, 0.2) is 35.7 Å². The zero-order valence-corrected chi connectivity index (χ0v) is 13.8. The van der Waals surface area contributed by atoms with Crippen molar-refractivity contribution < 1.29 is 27.7 Å². The van der Waals surface area contributed by atoms with Crippen molar-refractivity contribution in [3.63, 3.8) is 0 Å². The maximum Gasteiger partial charge on any atom is 0.339 e. The van der Waals surface area contributed by atoms with E-state index in [-0.39, 0.29) is 12.1 Å². The molecule has 0 aliphatic rings. The lowest BCUT2D eigenvalue weighted by Gasteiger charge is -2.13. The van der Waals surface area contributed by atoms with E-state index in [0.717, 1.165) is 24.5 Å². The monoisotopic (exact) mass is 356 g/mol. The van der Waals surface area contributed by atoms with E-state index in [9.17, 15) is 28.1 Å². The molecule has 0 bridgehead atoms. The average molecular weight is 356 g/mol. The standard InChI is InChI=1S/C14H16N2O7S/c1-4-7-15-13(17)9(2)23-14(18)10-5-6-12(24(3,21)22)11(8-10)16(19)20/h4-6,8-9H,1,7H2,2-3H3,(H,15,17)/t9-/m0/s1. The normalized spacial score (nSPS) is 12.1. The third-order valence-corrected chi connectivity index (χ3v) is 4.01. The van der Waals surface area contributed by atoms with E-state index in [0.29, 0.717) is 0 Å². The van der Waals surface area contributed by atoms with Gasteiger partial charge >= 0.3 is 5.97 Å². The Morgan fingerprint density at radius 3 is 2.58 bits per heavy atom. The highest BCUT2D eigenvalue weighted by atomic mass is 32.2. The molecule has 0 heterocycles. The molecule has 1 aromatic carbocycles. The number of amides is 1. The molecule has 0 aliphatic carbocycles. The lowest BCUT2D eigenvalue weighted by molar-refractivity contribution is -0.387. The Bertz CT molecular complexity index is 786. The molecule has 0 unspecified atom stereocenters. The Labute approximate surface area is 138 Å². The van der Waals surface area contributed by atoms with Gasteiger partial charge in [-0.3, -0.25) is 14.9 Å². The van der Waals surface area contributed by atoms with E-state index in [2.05, 4.69) is 11.9 Å². The highest BCUT2D eigenvalue weighted by Crippen LogP contribution is 2.25. The molecule has 0 aromatic heterocycles. The first-order valence-electron chi connectivity index (χ1n) is 6.66. The van der Waals surface area contributed by atoms with Crippen molar-refractivity contribution in [1.29, 1.82) is 0 Å². The van der Waals surface area contributed by atoms with Gasteiger partial charge in [-0.1, -0.05) is 6.08 Å². The molecule has 1 aromatic rings. The van der Waals surface area contributed by atoms with Gasteiger partial charge in [0, 0.05) is 18.9 Å². The number of carbonyl (C=O) groups excluding carboxylic acids is 2. The lowest BCUT2D eigenvalue weighted by atomic mass is 10.2. The Morgan fingerprint density at radius 1 is 1.46 bits per heavy atom. The second kappa shape index (κ2) is 7.68. The summed E-state index contributed by atoms with van der Waals surface area (Å²) in [7, 11) is -3.84. The van der Waals surface area contributed by atoms with Crippen LogP contribution in [0.25, 0.3) is 0 Å². The third kappa shape index (κ3) is 4.88. The van der Waals surface area contributed by atoms with Crippen LogP contribution in [0.4, 0.5) is 5.69 Å². The number of carbonyl (C=O) groups is 2. The van der Waals surface area contributed by atoms with Crippen LogP contribution in [0, 0.1) is 10.1 Å². The molecule has 24 heavy (non-hydrogen) atoms. The molecule has 0 saturated carbocycles. The van der Waals surface area contributed by atoms with Crippen LogP contribution in [0.2, 0.25) is 0 Å². The maximum atomic E-state index is 12.0. The summed E-state index contributed by atoms with van der Waals surface area (Å²) >= 11 is 0. The number of hydrogen-bond acceptors (Lipinski definition) is 7. The summed E-state index contributed by atoms with van der Waals surface area (Å²) in [6.07, 6.45) is 1.13. The lowest BCUT2D eigenvalue weighted by Crippen LogP contribution is -2.35. The van der Waals surface area contributed by atoms with Crippen molar-refractivity contribution in [2.45, 2.75) is 17.9 Å². The quantitative estimate of drug-likeness (QED) is 0.331. The fourth-order valence-corrected chi connectivity index (χ4v) is 2.53. The average Bonchev–Trinajstić information content (AvgIpc) is 2.50. The van der Waals surface area contributed by atoms with Gasteiger partial charge in [-0.15, -0.1) is 6.58 Å². The van der Waals surface area contributed by atoms with E-state index >= 15 is 0 Å². The summed E-state index contributed by atoms with van der Waals surface area (Å²) in [5, 5.41) is 13.4. The van der Waals surface area contributed by atoms with E-state index in [1.165, 1.54) is 13.0 Å². The summed E-state index contributed by atoms with van der Waals surface area (Å²) in [6, 6.07) is 2.83. The number of sulfone groups is 1. The minimum atomic E-state index is -3.84. The number of esters is 1. The molecule has 0 fully saturated rings. The largest absolute Gasteiger partial charge is 0.449 e. The second-order valence-corrected chi connectivity index (χ2v) is 6.78. The molecule has 1 rings (SSSR count). The van der Waals surface area contributed by atoms with Gasteiger partial charge < -0.3 is 10.1 Å². The topological polar surface area (TPSA) is 133 Å². The van der Waals surface area contributed by atoms with Crippen LogP contribution >= 0.6 is 0 Å². The number of hydrogen-bond donors (Lipinski definition) is 1. The zero-order chi connectivity index (χ0) is 18.5. The molecule has 0 spiro atoms. The molecule has 130 valence electrons. The summed E-state index contributed by atoms with van der Waals surface area (Å²) in [6.45, 7) is 4.94. The minimum absolute atomic E-state index is 0.190. The molecule has 10 heteroatoms. The van der Waals surface area contributed by atoms with E-state index in [1.807, 2.05) is 0 Å². The first kappa shape index (κ1) is 19.3. The number of nitro groups is 1. The van der Waals surface area contributed by atoms with Crippen LogP contribution in [-0.2, 0) is 19.4 Å². The first-order valence-corrected chi connectivity index (χ1v) is 8.55. The van der Waals surface area contributed by atoms with Gasteiger partial charge in [0.25, 0.3) is 11.6 Å². The predicted molar refractivity (Wildman–Crippen MR) is 84.3 cm³/mol. The number of benzene rings is 1. The molecule has 1 amide bonds. The molecular weight excluding hydrogens is 340 g/mol. The predicted octanol–water partition coefficient (Wildman–Crippen LogP) is 0.846. The number of nitrogens with one attached hydrogen (secondary N) is 1. The molecule has 1 N–H and O–H groups in total. The zero-order valence-electron chi connectivity index (χ0n) is 13.0. The number of nitro benzene ring substituents is 1. The van der Waals surface area contributed by atoms with Crippen molar-refractivity contribution in [2.75, 3.05) is 12.8 Å². The van der Waals surface area contributed by atoms with Crippen LogP contribution in [0.1, 0.15) is 17.3 Å². The van der Waals surface area contributed by atoms with Crippen LogP contribution < -0.4 is 5.32 Å². The van der Waals surface area contributed by atoms with Gasteiger partial charge in [0.05, 0.1) is 10.5 Å². The number of rotatable bonds is 7. The SMILES string of the molecule is C=CCNC(=O)[C@H](C)OC(=O)c1ccc(S(C)(=O)=O)c([N+](=O)[O-])c1. The number of ether oxygens (including phenoxy) is 1. The van der Waals surface area contributed by atoms with E-state index in [4.69, 9.17) is 4.74 Å². The van der Waals surface area contributed by atoms with Crippen molar-refractivity contribution in [3.8, 4) is 0 Å². The highest BCUT2D eigenvalue weighted by Gasteiger charge is 2.25. The Balaban J connectivity index is 3.04. The van der Waals surface area contributed by atoms with E-state index < -0.39 is 43.3 Å². The molecule has 0 radical (unpaired) electrons. The van der Waals surface area contributed by atoms with Crippen LogP contribution in [0.3, 0.4) is 0 Å². The molecule has 0 saturated heterocycles. The molecule has 9 nitrogen and oxygen atoms in total. The second-order valence-electron chi connectivity index (χ2n) is 4.79. The van der Waals surface area contributed by atoms with Gasteiger partial charge in [-0.2, -0.15) is 0 Å². The van der Waals surface area contributed by atoms with Crippen molar-refractivity contribution in [3.05, 3.63) is 46.5 Å². The minimum Gasteiger partial charge on any atom is -0.449 e. The van der Waals surface area contributed by atoms with Crippen molar-refractivity contribution in [1.82, 2.24) is 5.32 Å². The molecule has 0 aliphatic heterocycles. The van der Waals surface area contributed by atoms with Gasteiger partial charge in [-0.25, -0.2) is 13.2 Å². The van der Waals surface area contributed by atoms with E-state index in [1.54, 1.807) is 0 Å². The fourth-order valence-electron chi connectivity index (χ4n) is 1.70. The molecular formula is C14H16N2O7S. The highest BCUT2D eigenvalue weighted by molar-refractivity contribution is 7.90. The maximum absolute atomic E-state index is 12.0. The number of nitrogens with zero attached hydrogens (tertiary/aromatic N) is 1. The Kier molecular flexibility index (Phi) is 6.18. The summed E-state index contributed by atoms with van der Waals surface area (Å²) < 4.78 is 27.9. The summed E-state index contributed by atoms with van der Waals surface area (Å²) in [5.74, 6) is -1.55. The first-order chi connectivity index (χ1) is 11.1. The Morgan fingerprint density at radius 2 is 2.08 bits per heavy atom. The smallest absolute Gasteiger partial charge is 0.339 e. The van der Waals surface area contributed by atoms with Gasteiger partial charge in [0.2, 0.25) is 0 Å². The summed E-state index contributed by atoms with van der Waals surface area (Å²) in [5.41, 5.74) is -0.979. The Hall–Kier alpha value is -2.75. The van der Waals surface area contributed by atoms with Gasteiger partial charge in [0.1, 0.15) is 4.90 Å². The third-order valence-electron chi connectivity index (χ3n) is 2.86. The van der Waals surface area contributed by atoms with Crippen LogP contribution in [-0.4, -0.2) is 44.1 Å².